The first-order valence-corrected chi connectivity index (χ1v) is 6.52. The second-order valence-electron chi connectivity index (χ2n) is 4.02. The predicted molar refractivity (Wildman–Crippen MR) is 67.8 cm³/mol. The molecule has 2 rings (SSSR count). The van der Waals surface area contributed by atoms with E-state index in [0.29, 0.717) is 5.75 Å². The van der Waals surface area contributed by atoms with Crippen LogP contribution in [-0.4, -0.2) is 62.9 Å². The van der Waals surface area contributed by atoms with Gasteiger partial charge in [0, 0.05) is 11.3 Å². The Morgan fingerprint density at radius 3 is 2.85 bits per heavy atom. The normalized spacial score (nSPS) is 25.4. The third-order valence-electron chi connectivity index (χ3n) is 2.71. The van der Waals surface area contributed by atoms with Gasteiger partial charge >= 0.3 is 11.9 Å². The van der Waals surface area contributed by atoms with Crippen LogP contribution in [0.3, 0.4) is 0 Å². The fourth-order valence-electron chi connectivity index (χ4n) is 1.83. The van der Waals surface area contributed by atoms with Crippen LogP contribution >= 0.6 is 11.8 Å². The summed E-state index contributed by atoms with van der Waals surface area (Å²) in [6.07, 6.45) is 1.10. The van der Waals surface area contributed by atoms with E-state index in [2.05, 4.69) is 9.99 Å². The number of nitrogens with two attached hydrogens (primary N) is 1. The maximum Gasteiger partial charge on any atom is 0.353 e. The van der Waals surface area contributed by atoms with Crippen molar-refractivity contribution >= 4 is 35.8 Å². The number of thioether (sulfide) groups is 1. The molecule has 108 valence electrons. The highest BCUT2D eigenvalue weighted by molar-refractivity contribution is 8.00. The summed E-state index contributed by atoms with van der Waals surface area (Å²) in [5.74, 6) is -2.63. The van der Waals surface area contributed by atoms with E-state index in [1.807, 2.05) is 0 Å². The van der Waals surface area contributed by atoms with Gasteiger partial charge in [0.05, 0.1) is 6.21 Å². The number of fused-ring (bicyclic) bond motifs is 1. The van der Waals surface area contributed by atoms with Gasteiger partial charge in [0.1, 0.15) is 17.1 Å². The van der Waals surface area contributed by atoms with Crippen LogP contribution in [0.25, 0.3) is 0 Å². The maximum absolute atomic E-state index is 11.6. The van der Waals surface area contributed by atoms with Crippen LogP contribution in [0.4, 0.5) is 0 Å². The topological polar surface area (TPSA) is 143 Å². The number of nitrogens with zero attached hydrogens (tertiary/aromatic N) is 2. The standard InChI is InChI=1S/C10H11N3O6S/c11-6-8(16)13-7(10(17)18)4(3-20-9(6)13)1-12-19-2-5(14)15/h1,6,9H,2-3,11H2,(H,14,15)(H,17,18)/b12-1+/t6-,9-/m1/s1. The molecule has 2 atom stereocenters. The molecular weight excluding hydrogens is 290 g/mol. The van der Waals surface area contributed by atoms with Crippen molar-refractivity contribution in [2.75, 3.05) is 12.4 Å². The molecule has 2 aliphatic rings. The van der Waals surface area contributed by atoms with E-state index in [9.17, 15) is 19.5 Å². The molecule has 0 saturated carbocycles. The lowest BCUT2D eigenvalue weighted by molar-refractivity contribution is -0.147. The van der Waals surface area contributed by atoms with Crippen molar-refractivity contribution in [3.8, 4) is 0 Å². The molecule has 0 aromatic carbocycles. The number of rotatable bonds is 5. The summed E-state index contributed by atoms with van der Waals surface area (Å²) in [6.45, 7) is -0.629. The van der Waals surface area contributed by atoms with Gasteiger partial charge in [-0.1, -0.05) is 5.16 Å². The largest absolute Gasteiger partial charge is 0.479 e. The molecule has 0 bridgehead atoms. The summed E-state index contributed by atoms with van der Waals surface area (Å²) in [5.41, 5.74) is 5.66. The smallest absolute Gasteiger partial charge is 0.353 e. The van der Waals surface area contributed by atoms with Gasteiger partial charge in [-0.25, -0.2) is 9.59 Å². The highest BCUT2D eigenvalue weighted by Crippen LogP contribution is 2.38. The Hall–Kier alpha value is -2.07. The molecule has 2 heterocycles. The summed E-state index contributed by atoms with van der Waals surface area (Å²) in [5, 5.41) is 20.5. The number of β-lactam (4-membered cyclic amide) rings is 1. The number of carboxylic acids is 2. The van der Waals surface area contributed by atoms with Crippen LogP contribution in [0.15, 0.2) is 16.4 Å². The fraction of sp³-hybridized carbons (Fsp3) is 0.400. The Morgan fingerprint density at radius 2 is 2.25 bits per heavy atom. The van der Waals surface area contributed by atoms with Crippen LogP contribution < -0.4 is 5.73 Å². The Kier molecular flexibility index (Phi) is 3.95. The Labute approximate surface area is 117 Å². The number of carboxylic acid groups (broad SMARTS) is 2. The zero-order chi connectivity index (χ0) is 14.9. The summed E-state index contributed by atoms with van der Waals surface area (Å²) in [4.78, 5) is 38.7. The van der Waals surface area contributed by atoms with Crippen molar-refractivity contribution in [1.29, 1.82) is 0 Å². The molecule has 0 unspecified atom stereocenters. The molecule has 10 heteroatoms. The molecule has 9 nitrogen and oxygen atoms in total. The summed E-state index contributed by atoms with van der Waals surface area (Å²) < 4.78 is 0. The number of oxime groups is 1. The lowest BCUT2D eigenvalue weighted by Crippen LogP contribution is -2.68. The Bertz CT molecular complexity index is 531. The first-order chi connectivity index (χ1) is 9.43. The average Bonchev–Trinajstić information content (AvgIpc) is 2.41. The minimum absolute atomic E-state index is 0.192. The third-order valence-corrected chi connectivity index (χ3v) is 4.04. The molecule has 0 aliphatic carbocycles. The van der Waals surface area contributed by atoms with E-state index in [1.165, 1.54) is 11.8 Å². The van der Waals surface area contributed by atoms with Gasteiger partial charge in [0.15, 0.2) is 0 Å². The van der Waals surface area contributed by atoms with E-state index < -0.39 is 30.5 Å². The third kappa shape index (κ3) is 2.47. The fourth-order valence-corrected chi connectivity index (χ4v) is 3.08. The van der Waals surface area contributed by atoms with Gasteiger partial charge in [-0.2, -0.15) is 0 Å². The van der Waals surface area contributed by atoms with Crippen molar-refractivity contribution in [2.24, 2.45) is 10.9 Å². The van der Waals surface area contributed by atoms with Gasteiger partial charge in [-0.3, -0.25) is 9.69 Å². The molecule has 2 aliphatic heterocycles. The average molecular weight is 301 g/mol. The number of carbonyl (C=O) groups excluding carboxylic acids is 1. The maximum atomic E-state index is 11.6. The van der Waals surface area contributed by atoms with Crippen LogP contribution in [-0.2, 0) is 19.2 Å². The molecule has 4 N–H and O–H groups in total. The first kappa shape index (κ1) is 14.3. The van der Waals surface area contributed by atoms with Gasteiger partial charge in [0.25, 0.3) is 0 Å². The molecule has 0 radical (unpaired) electrons. The molecule has 20 heavy (non-hydrogen) atoms. The summed E-state index contributed by atoms with van der Waals surface area (Å²) in [7, 11) is 0. The SMILES string of the molecule is N[C@@H]1C(=O)N2C(C(=O)O)=C(/C=N/OCC(=O)O)CS[C@H]12. The van der Waals surface area contributed by atoms with Crippen LogP contribution in [0.1, 0.15) is 0 Å². The lowest BCUT2D eigenvalue weighted by atomic mass is 10.0. The second-order valence-corrected chi connectivity index (χ2v) is 5.12. The van der Waals surface area contributed by atoms with Gasteiger partial charge in [0.2, 0.25) is 12.5 Å². The van der Waals surface area contributed by atoms with Crippen molar-refractivity contribution in [2.45, 2.75) is 11.4 Å². The van der Waals surface area contributed by atoms with Crippen molar-refractivity contribution < 1.29 is 29.4 Å². The number of aliphatic carboxylic acids is 2. The van der Waals surface area contributed by atoms with Gasteiger partial charge in [-0.05, 0) is 0 Å². The number of amides is 1. The zero-order valence-corrected chi connectivity index (χ0v) is 10.9. The van der Waals surface area contributed by atoms with Crippen molar-refractivity contribution in [1.82, 2.24) is 4.90 Å². The van der Waals surface area contributed by atoms with Crippen LogP contribution in [0.2, 0.25) is 0 Å². The number of hydrogen-bond donors (Lipinski definition) is 3. The van der Waals surface area contributed by atoms with E-state index in [1.54, 1.807) is 0 Å². The number of carbonyl (C=O) groups is 3. The Morgan fingerprint density at radius 1 is 1.55 bits per heavy atom. The number of hydrogen-bond acceptors (Lipinski definition) is 7. The van der Waals surface area contributed by atoms with E-state index in [-0.39, 0.29) is 16.6 Å². The molecule has 0 aromatic rings. The summed E-state index contributed by atoms with van der Waals surface area (Å²) >= 11 is 1.31. The van der Waals surface area contributed by atoms with E-state index >= 15 is 0 Å². The monoisotopic (exact) mass is 301 g/mol. The molecule has 1 amide bonds. The second kappa shape index (κ2) is 5.51. The van der Waals surface area contributed by atoms with Gasteiger partial charge < -0.3 is 20.8 Å². The minimum atomic E-state index is -1.27. The molecule has 1 saturated heterocycles. The minimum Gasteiger partial charge on any atom is -0.479 e. The van der Waals surface area contributed by atoms with Crippen molar-refractivity contribution in [3.05, 3.63) is 11.3 Å². The van der Waals surface area contributed by atoms with E-state index in [4.69, 9.17) is 10.8 Å². The highest BCUT2D eigenvalue weighted by atomic mass is 32.2. The predicted octanol–water partition coefficient (Wildman–Crippen LogP) is -1.35. The van der Waals surface area contributed by atoms with Crippen LogP contribution in [0.5, 0.6) is 0 Å². The molecule has 1 fully saturated rings. The van der Waals surface area contributed by atoms with E-state index in [0.717, 1.165) is 11.1 Å². The summed E-state index contributed by atoms with van der Waals surface area (Å²) in [6, 6.07) is -0.698. The quantitative estimate of drug-likeness (QED) is 0.321. The van der Waals surface area contributed by atoms with Crippen molar-refractivity contribution in [3.63, 3.8) is 0 Å². The lowest BCUT2D eigenvalue weighted by Gasteiger charge is -2.47. The first-order valence-electron chi connectivity index (χ1n) is 5.47. The molecule has 0 spiro atoms. The van der Waals surface area contributed by atoms with Crippen LogP contribution in [0, 0.1) is 0 Å². The molecular formula is C10H11N3O6S. The molecule has 0 aromatic heterocycles. The zero-order valence-electron chi connectivity index (χ0n) is 10.1. The Balaban J connectivity index is 2.18. The van der Waals surface area contributed by atoms with Gasteiger partial charge in [-0.15, -0.1) is 11.8 Å². The highest BCUT2D eigenvalue weighted by Gasteiger charge is 2.51.